The Morgan fingerprint density at radius 2 is 2.41 bits per heavy atom. The average Bonchev–Trinajstić information content (AvgIpc) is 2.91. The Labute approximate surface area is 113 Å². The zero-order valence-corrected chi connectivity index (χ0v) is 12.1. The number of thiophene rings is 1. The molecule has 2 heterocycles. The molecule has 0 saturated heterocycles. The maximum Gasteiger partial charge on any atom is 0.164 e. The standard InChI is InChI=1S/C11H15BrN4S/c1-2-4-13-6-11-14-8-16(15-11)7-10-9(12)3-5-17-10/h3,5,8,13H,2,4,6-7H2,1H3. The molecule has 6 heteroatoms. The van der Waals surface area contributed by atoms with Gasteiger partial charge in [-0.2, -0.15) is 5.10 Å². The van der Waals surface area contributed by atoms with E-state index in [1.54, 1.807) is 17.7 Å². The van der Waals surface area contributed by atoms with E-state index < -0.39 is 0 Å². The Kier molecular flexibility index (Phi) is 4.70. The summed E-state index contributed by atoms with van der Waals surface area (Å²) < 4.78 is 3.02. The normalized spacial score (nSPS) is 10.9. The molecule has 17 heavy (non-hydrogen) atoms. The largest absolute Gasteiger partial charge is 0.310 e. The maximum absolute atomic E-state index is 4.43. The van der Waals surface area contributed by atoms with E-state index in [-0.39, 0.29) is 0 Å². The average molecular weight is 315 g/mol. The minimum atomic E-state index is 0.743. The van der Waals surface area contributed by atoms with Crippen LogP contribution in [0.2, 0.25) is 0 Å². The van der Waals surface area contributed by atoms with Gasteiger partial charge in [-0.25, -0.2) is 9.67 Å². The fourth-order valence-corrected chi connectivity index (χ4v) is 2.92. The van der Waals surface area contributed by atoms with Gasteiger partial charge in [-0.3, -0.25) is 0 Å². The molecular weight excluding hydrogens is 300 g/mol. The van der Waals surface area contributed by atoms with Gasteiger partial charge < -0.3 is 5.32 Å². The third-order valence-corrected chi connectivity index (χ3v) is 4.20. The molecule has 0 radical (unpaired) electrons. The van der Waals surface area contributed by atoms with Crippen LogP contribution in [-0.2, 0) is 13.1 Å². The second-order valence-electron chi connectivity index (χ2n) is 3.73. The monoisotopic (exact) mass is 314 g/mol. The molecule has 2 aromatic rings. The molecule has 2 aromatic heterocycles. The van der Waals surface area contributed by atoms with Crippen molar-refractivity contribution >= 4 is 27.3 Å². The molecule has 0 spiro atoms. The van der Waals surface area contributed by atoms with Crippen LogP contribution >= 0.6 is 27.3 Å². The lowest BCUT2D eigenvalue weighted by Crippen LogP contribution is -2.15. The van der Waals surface area contributed by atoms with Gasteiger partial charge in [0, 0.05) is 9.35 Å². The summed E-state index contributed by atoms with van der Waals surface area (Å²) >= 11 is 5.24. The summed E-state index contributed by atoms with van der Waals surface area (Å²) in [6, 6.07) is 2.06. The molecule has 0 aromatic carbocycles. The number of rotatable bonds is 6. The molecule has 0 aliphatic rings. The highest BCUT2D eigenvalue weighted by molar-refractivity contribution is 9.10. The predicted octanol–water partition coefficient (Wildman–Crippen LogP) is 2.65. The van der Waals surface area contributed by atoms with E-state index in [1.807, 2.05) is 4.68 Å². The number of nitrogens with one attached hydrogen (secondary N) is 1. The Hall–Kier alpha value is -0.720. The molecule has 0 aliphatic heterocycles. The molecule has 4 nitrogen and oxygen atoms in total. The first-order chi connectivity index (χ1) is 8.29. The fourth-order valence-electron chi connectivity index (χ4n) is 1.45. The van der Waals surface area contributed by atoms with E-state index in [0.717, 1.165) is 36.4 Å². The van der Waals surface area contributed by atoms with Crippen LogP contribution < -0.4 is 5.32 Å². The lowest BCUT2D eigenvalue weighted by atomic mass is 10.5. The van der Waals surface area contributed by atoms with E-state index in [1.165, 1.54) is 4.88 Å². The van der Waals surface area contributed by atoms with Crippen LogP contribution in [-0.4, -0.2) is 21.3 Å². The third kappa shape index (κ3) is 3.62. The van der Waals surface area contributed by atoms with Crippen LogP contribution in [0.4, 0.5) is 0 Å². The van der Waals surface area contributed by atoms with Crippen molar-refractivity contribution in [1.29, 1.82) is 0 Å². The van der Waals surface area contributed by atoms with Crippen LogP contribution in [0.1, 0.15) is 24.0 Å². The fraction of sp³-hybridized carbons (Fsp3) is 0.455. The minimum absolute atomic E-state index is 0.743. The molecule has 0 saturated carbocycles. The van der Waals surface area contributed by atoms with Crippen molar-refractivity contribution in [3.05, 3.63) is 32.9 Å². The summed E-state index contributed by atoms with van der Waals surface area (Å²) in [4.78, 5) is 5.54. The number of hydrogen-bond acceptors (Lipinski definition) is 4. The molecule has 0 atom stereocenters. The molecule has 2 rings (SSSR count). The first-order valence-corrected chi connectivity index (χ1v) is 7.27. The van der Waals surface area contributed by atoms with Gasteiger partial charge >= 0.3 is 0 Å². The van der Waals surface area contributed by atoms with Crippen LogP contribution in [0.5, 0.6) is 0 Å². The second kappa shape index (κ2) is 6.28. The predicted molar refractivity (Wildman–Crippen MR) is 73.1 cm³/mol. The number of hydrogen-bond donors (Lipinski definition) is 1. The van der Waals surface area contributed by atoms with Crippen molar-refractivity contribution < 1.29 is 0 Å². The molecular formula is C11H15BrN4S. The van der Waals surface area contributed by atoms with Crippen LogP contribution in [0.3, 0.4) is 0 Å². The van der Waals surface area contributed by atoms with E-state index in [2.05, 4.69) is 49.7 Å². The Balaban J connectivity index is 1.92. The topological polar surface area (TPSA) is 42.7 Å². The Morgan fingerprint density at radius 3 is 3.12 bits per heavy atom. The highest BCUT2D eigenvalue weighted by atomic mass is 79.9. The number of halogens is 1. The summed E-state index contributed by atoms with van der Waals surface area (Å²) in [6.07, 6.45) is 2.91. The number of nitrogens with zero attached hydrogens (tertiary/aromatic N) is 3. The highest BCUT2D eigenvalue weighted by Crippen LogP contribution is 2.23. The van der Waals surface area contributed by atoms with E-state index in [9.17, 15) is 0 Å². The van der Waals surface area contributed by atoms with Crippen LogP contribution in [0.15, 0.2) is 22.2 Å². The summed E-state index contributed by atoms with van der Waals surface area (Å²) in [5, 5.41) is 9.79. The molecule has 0 fully saturated rings. The zero-order valence-electron chi connectivity index (χ0n) is 9.69. The van der Waals surface area contributed by atoms with Crippen molar-refractivity contribution in [2.45, 2.75) is 26.4 Å². The number of aromatic nitrogens is 3. The van der Waals surface area contributed by atoms with Gasteiger partial charge in [0.1, 0.15) is 6.33 Å². The maximum atomic E-state index is 4.43. The third-order valence-electron chi connectivity index (χ3n) is 2.29. The molecule has 0 bridgehead atoms. The van der Waals surface area contributed by atoms with Crippen molar-refractivity contribution in [1.82, 2.24) is 20.1 Å². The van der Waals surface area contributed by atoms with Gasteiger partial charge in [0.25, 0.3) is 0 Å². The second-order valence-corrected chi connectivity index (χ2v) is 5.58. The van der Waals surface area contributed by atoms with Crippen molar-refractivity contribution in [2.75, 3.05) is 6.54 Å². The molecule has 92 valence electrons. The first kappa shape index (κ1) is 12.7. The first-order valence-electron chi connectivity index (χ1n) is 5.60. The van der Waals surface area contributed by atoms with Crippen LogP contribution in [0.25, 0.3) is 0 Å². The summed E-state index contributed by atoms with van der Waals surface area (Å²) in [6.45, 7) is 4.67. The minimum Gasteiger partial charge on any atom is -0.310 e. The van der Waals surface area contributed by atoms with E-state index in [4.69, 9.17) is 0 Å². The lowest BCUT2D eigenvalue weighted by Gasteiger charge is -1.99. The molecule has 0 amide bonds. The smallest absolute Gasteiger partial charge is 0.164 e. The summed E-state index contributed by atoms with van der Waals surface area (Å²) in [7, 11) is 0. The summed E-state index contributed by atoms with van der Waals surface area (Å²) in [5.41, 5.74) is 0. The van der Waals surface area contributed by atoms with Crippen molar-refractivity contribution in [2.24, 2.45) is 0 Å². The van der Waals surface area contributed by atoms with E-state index >= 15 is 0 Å². The summed E-state index contributed by atoms with van der Waals surface area (Å²) in [5.74, 6) is 0.853. The van der Waals surface area contributed by atoms with Gasteiger partial charge in [0.15, 0.2) is 5.82 Å². The van der Waals surface area contributed by atoms with Crippen molar-refractivity contribution in [3.8, 4) is 0 Å². The molecule has 1 N–H and O–H groups in total. The van der Waals surface area contributed by atoms with Gasteiger partial charge in [0.05, 0.1) is 13.1 Å². The SMILES string of the molecule is CCCNCc1ncn(Cc2sccc2Br)n1. The van der Waals surface area contributed by atoms with Gasteiger partial charge in [-0.05, 0) is 40.3 Å². The Bertz CT molecular complexity index is 465. The van der Waals surface area contributed by atoms with Crippen LogP contribution in [0, 0.1) is 0 Å². The zero-order chi connectivity index (χ0) is 12.1. The highest BCUT2D eigenvalue weighted by Gasteiger charge is 2.05. The lowest BCUT2D eigenvalue weighted by molar-refractivity contribution is 0.627. The van der Waals surface area contributed by atoms with Gasteiger partial charge in [-0.1, -0.05) is 6.92 Å². The van der Waals surface area contributed by atoms with Crippen molar-refractivity contribution in [3.63, 3.8) is 0 Å². The Morgan fingerprint density at radius 1 is 1.53 bits per heavy atom. The quantitative estimate of drug-likeness (QED) is 0.834. The van der Waals surface area contributed by atoms with E-state index in [0.29, 0.717) is 0 Å². The molecule has 0 unspecified atom stereocenters. The van der Waals surface area contributed by atoms with Gasteiger partial charge in [-0.15, -0.1) is 11.3 Å². The molecule has 0 aliphatic carbocycles. The van der Waals surface area contributed by atoms with Gasteiger partial charge in [0.2, 0.25) is 0 Å².